The molecule has 0 spiro atoms. The van der Waals surface area contributed by atoms with Gasteiger partial charge in [-0.05, 0) is 25.8 Å². The zero-order chi connectivity index (χ0) is 22.5. The van der Waals surface area contributed by atoms with Crippen molar-refractivity contribution in [2.75, 3.05) is 6.54 Å². The van der Waals surface area contributed by atoms with E-state index in [-0.39, 0.29) is 34.8 Å². The van der Waals surface area contributed by atoms with Gasteiger partial charge in [0.25, 0.3) is 11.6 Å². The van der Waals surface area contributed by atoms with Gasteiger partial charge < -0.3 is 10.1 Å². The lowest BCUT2D eigenvalue weighted by molar-refractivity contribution is -0.385. The summed E-state index contributed by atoms with van der Waals surface area (Å²) < 4.78 is 34.6. The topological polar surface area (TPSA) is 145 Å². The van der Waals surface area contributed by atoms with Crippen LogP contribution in [0.25, 0.3) is 0 Å². The maximum absolute atomic E-state index is 12.6. The summed E-state index contributed by atoms with van der Waals surface area (Å²) in [5.41, 5.74) is -0.291. The Bertz CT molecular complexity index is 1030. The second kappa shape index (κ2) is 9.67. The van der Waals surface area contributed by atoms with Crippen LogP contribution in [0, 0.1) is 10.1 Å². The first-order chi connectivity index (χ1) is 14.1. The number of nitrogens with one attached hydrogen (secondary N) is 2. The summed E-state index contributed by atoms with van der Waals surface area (Å²) in [7, 11) is -2.53. The maximum atomic E-state index is 12.6. The van der Waals surface area contributed by atoms with Gasteiger partial charge in [-0.1, -0.05) is 13.8 Å². The molecule has 1 unspecified atom stereocenters. The Morgan fingerprint density at radius 3 is 2.63 bits per heavy atom. The van der Waals surface area contributed by atoms with Crippen LogP contribution in [0.1, 0.15) is 44.1 Å². The van der Waals surface area contributed by atoms with Crippen molar-refractivity contribution in [2.45, 2.75) is 44.6 Å². The molecule has 12 heteroatoms. The number of rotatable bonds is 10. The lowest BCUT2D eigenvalue weighted by Crippen LogP contribution is -2.32. The van der Waals surface area contributed by atoms with Gasteiger partial charge in [0.1, 0.15) is 10.6 Å². The van der Waals surface area contributed by atoms with Gasteiger partial charge in [0.05, 0.1) is 4.92 Å². The molecule has 1 atom stereocenters. The fourth-order valence-corrected chi connectivity index (χ4v) is 3.67. The highest BCUT2D eigenvalue weighted by molar-refractivity contribution is 7.89. The lowest BCUT2D eigenvalue weighted by Gasteiger charge is -2.12. The number of non-ortho nitro benzene ring substituents is 1. The molecule has 1 aromatic heterocycles. The Kier molecular flexibility index (Phi) is 7.51. The molecule has 0 aliphatic heterocycles. The highest BCUT2D eigenvalue weighted by atomic mass is 32.2. The first-order valence-corrected chi connectivity index (χ1v) is 10.9. The number of nitrogens with zero attached hydrogens (tertiary/aromatic N) is 3. The van der Waals surface area contributed by atoms with Gasteiger partial charge >= 0.3 is 0 Å². The summed E-state index contributed by atoms with van der Waals surface area (Å²) in [6.45, 7) is 5.74. The predicted molar refractivity (Wildman–Crippen MR) is 109 cm³/mol. The molecule has 30 heavy (non-hydrogen) atoms. The number of aromatic nitrogens is 2. The Hall–Kier alpha value is -2.99. The van der Waals surface area contributed by atoms with Crippen LogP contribution in [0.15, 0.2) is 29.2 Å². The van der Waals surface area contributed by atoms with Gasteiger partial charge in [-0.2, -0.15) is 5.10 Å². The molecule has 0 radical (unpaired) electrons. The average Bonchev–Trinajstić information content (AvgIpc) is 3.06. The number of sulfonamides is 1. The van der Waals surface area contributed by atoms with Crippen molar-refractivity contribution in [3.63, 3.8) is 0 Å². The van der Waals surface area contributed by atoms with E-state index in [1.165, 1.54) is 23.9 Å². The summed E-state index contributed by atoms with van der Waals surface area (Å²) in [6.07, 6.45) is 1.29. The standard InChI is InChI=1S/C18H25N5O6S/c1-5-9-19-30(27,28)16-10-13(23(25)26)7-8-15(16)29-17-11-14(21-22(17)4)18(24)20-12(3)6-2/h7-8,10-12,19H,5-6,9H2,1-4H3,(H,20,24). The molecule has 0 aliphatic carbocycles. The SMILES string of the molecule is CCCNS(=O)(=O)c1cc([N+](=O)[O-])ccc1Oc1cc(C(=O)NC(C)CC)nn1C. The van der Waals surface area contributed by atoms with Crippen LogP contribution in [0.2, 0.25) is 0 Å². The molecular weight excluding hydrogens is 414 g/mol. The van der Waals surface area contributed by atoms with Crippen LogP contribution < -0.4 is 14.8 Å². The Morgan fingerprint density at radius 1 is 1.33 bits per heavy atom. The first kappa shape index (κ1) is 23.3. The van der Waals surface area contributed by atoms with E-state index in [1.807, 2.05) is 13.8 Å². The van der Waals surface area contributed by atoms with Crippen LogP contribution >= 0.6 is 0 Å². The van der Waals surface area contributed by atoms with E-state index in [4.69, 9.17) is 4.74 Å². The minimum atomic E-state index is -4.06. The Labute approximate surface area is 174 Å². The zero-order valence-electron chi connectivity index (χ0n) is 17.2. The molecule has 0 saturated heterocycles. The van der Waals surface area contributed by atoms with Crippen molar-refractivity contribution in [3.05, 3.63) is 40.1 Å². The van der Waals surface area contributed by atoms with Crippen molar-refractivity contribution in [2.24, 2.45) is 7.05 Å². The molecular formula is C18H25N5O6S. The Balaban J connectivity index is 2.41. The van der Waals surface area contributed by atoms with E-state index in [0.29, 0.717) is 6.42 Å². The third-order valence-corrected chi connectivity index (χ3v) is 5.73. The summed E-state index contributed by atoms with van der Waals surface area (Å²) >= 11 is 0. The summed E-state index contributed by atoms with van der Waals surface area (Å²) in [5, 5.41) is 18.0. The maximum Gasteiger partial charge on any atom is 0.272 e. The monoisotopic (exact) mass is 439 g/mol. The lowest BCUT2D eigenvalue weighted by atomic mass is 10.2. The molecule has 1 amide bonds. The number of nitro benzene ring substituents is 1. The summed E-state index contributed by atoms with van der Waals surface area (Å²) in [6, 6.07) is 4.60. The van der Waals surface area contributed by atoms with Crippen molar-refractivity contribution >= 4 is 21.6 Å². The van der Waals surface area contributed by atoms with Crippen molar-refractivity contribution in [3.8, 4) is 11.6 Å². The molecule has 0 aliphatic rings. The number of hydrogen-bond acceptors (Lipinski definition) is 7. The summed E-state index contributed by atoms with van der Waals surface area (Å²) in [4.78, 5) is 22.3. The fraction of sp³-hybridized carbons (Fsp3) is 0.444. The van der Waals surface area contributed by atoms with Crippen LogP contribution in [0.5, 0.6) is 11.6 Å². The van der Waals surface area contributed by atoms with Gasteiger partial charge in [-0.15, -0.1) is 0 Å². The minimum absolute atomic E-state index is 0.0417. The van der Waals surface area contributed by atoms with Crippen LogP contribution in [0.3, 0.4) is 0 Å². The van der Waals surface area contributed by atoms with E-state index >= 15 is 0 Å². The van der Waals surface area contributed by atoms with Crippen molar-refractivity contribution in [1.29, 1.82) is 0 Å². The first-order valence-electron chi connectivity index (χ1n) is 9.39. The summed E-state index contributed by atoms with van der Waals surface area (Å²) in [5.74, 6) is -0.415. The van der Waals surface area contributed by atoms with Crippen LogP contribution in [0.4, 0.5) is 5.69 Å². The van der Waals surface area contributed by atoms with Gasteiger partial charge in [0.15, 0.2) is 5.69 Å². The van der Waals surface area contributed by atoms with E-state index in [2.05, 4.69) is 15.1 Å². The van der Waals surface area contributed by atoms with E-state index in [1.54, 1.807) is 6.92 Å². The van der Waals surface area contributed by atoms with Crippen molar-refractivity contribution in [1.82, 2.24) is 19.8 Å². The number of aryl methyl sites for hydroxylation is 1. The Morgan fingerprint density at radius 2 is 2.03 bits per heavy atom. The zero-order valence-corrected chi connectivity index (χ0v) is 18.0. The molecule has 0 saturated carbocycles. The molecule has 0 fully saturated rings. The molecule has 0 bridgehead atoms. The number of nitro groups is 1. The third-order valence-electron chi connectivity index (χ3n) is 4.24. The minimum Gasteiger partial charge on any atom is -0.438 e. The number of hydrogen-bond donors (Lipinski definition) is 2. The highest BCUT2D eigenvalue weighted by Crippen LogP contribution is 2.32. The number of carbonyl (C=O) groups excluding carboxylic acids is 1. The van der Waals surface area contributed by atoms with E-state index in [9.17, 15) is 23.3 Å². The molecule has 2 rings (SSSR count). The second-order valence-corrected chi connectivity index (χ2v) is 8.40. The highest BCUT2D eigenvalue weighted by Gasteiger charge is 2.25. The van der Waals surface area contributed by atoms with Gasteiger partial charge in [-0.25, -0.2) is 17.8 Å². The number of benzene rings is 1. The average molecular weight is 439 g/mol. The second-order valence-electron chi connectivity index (χ2n) is 6.66. The molecule has 2 aromatic rings. The molecule has 164 valence electrons. The van der Waals surface area contributed by atoms with Gasteiger partial charge in [-0.3, -0.25) is 14.9 Å². The largest absolute Gasteiger partial charge is 0.438 e. The fourth-order valence-electron chi connectivity index (χ4n) is 2.39. The number of amides is 1. The number of carbonyl (C=O) groups is 1. The number of ether oxygens (including phenoxy) is 1. The van der Waals surface area contributed by atoms with Gasteiger partial charge in [0, 0.05) is 37.8 Å². The van der Waals surface area contributed by atoms with Crippen LogP contribution in [-0.2, 0) is 17.1 Å². The normalized spacial score (nSPS) is 12.4. The van der Waals surface area contributed by atoms with E-state index < -0.39 is 26.5 Å². The van der Waals surface area contributed by atoms with Crippen LogP contribution in [-0.4, -0.2) is 41.6 Å². The predicted octanol–water partition coefficient (Wildman–Crippen LogP) is 2.34. The van der Waals surface area contributed by atoms with Crippen molar-refractivity contribution < 1.29 is 22.9 Å². The molecule has 2 N–H and O–H groups in total. The molecule has 1 aromatic carbocycles. The van der Waals surface area contributed by atoms with Gasteiger partial charge in [0.2, 0.25) is 15.9 Å². The quantitative estimate of drug-likeness (QED) is 0.427. The third kappa shape index (κ3) is 5.54. The molecule has 11 nitrogen and oxygen atoms in total. The van der Waals surface area contributed by atoms with E-state index in [0.717, 1.165) is 18.6 Å². The molecule has 1 heterocycles. The smallest absolute Gasteiger partial charge is 0.272 e.